The fourth-order valence-corrected chi connectivity index (χ4v) is 3.91. The van der Waals surface area contributed by atoms with Crippen molar-refractivity contribution in [1.29, 1.82) is 0 Å². The van der Waals surface area contributed by atoms with Crippen LogP contribution in [0.25, 0.3) is 0 Å². The molecule has 1 saturated carbocycles. The van der Waals surface area contributed by atoms with E-state index in [2.05, 4.69) is 42.2 Å². The molecule has 0 aromatic heterocycles. The van der Waals surface area contributed by atoms with Gasteiger partial charge in [-0.05, 0) is 37.2 Å². The van der Waals surface area contributed by atoms with Crippen LogP contribution in [0.5, 0.6) is 0 Å². The second-order valence-electron chi connectivity index (χ2n) is 6.55. The molecule has 0 amide bonds. The number of ether oxygens (including phenoxy) is 1. The standard InChI is InChI=1S/C18H28N2O/c1-2-16-13-20(10-11-21-16)18-12-15(8-9-17(18)19)14-6-4-3-5-7-14/h3-7,15-18H,2,8-13,19H2,1H3. The lowest BCUT2D eigenvalue weighted by Gasteiger charge is -2.44. The van der Waals surface area contributed by atoms with Gasteiger partial charge in [0.1, 0.15) is 0 Å². The molecule has 3 rings (SSSR count). The highest BCUT2D eigenvalue weighted by molar-refractivity contribution is 5.21. The number of hydrogen-bond donors (Lipinski definition) is 1. The van der Waals surface area contributed by atoms with Crippen molar-refractivity contribution in [2.45, 2.75) is 56.7 Å². The zero-order chi connectivity index (χ0) is 14.7. The van der Waals surface area contributed by atoms with Gasteiger partial charge in [-0.1, -0.05) is 37.3 Å². The fraction of sp³-hybridized carbons (Fsp3) is 0.667. The molecule has 0 bridgehead atoms. The summed E-state index contributed by atoms with van der Waals surface area (Å²) in [5, 5.41) is 0. The van der Waals surface area contributed by atoms with Crippen LogP contribution < -0.4 is 5.73 Å². The summed E-state index contributed by atoms with van der Waals surface area (Å²) in [5.74, 6) is 0.666. The van der Waals surface area contributed by atoms with Crippen LogP contribution in [0.1, 0.15) is 44.1 Å². The first kappa shape index (κ1) is 15.0. The Morgan fingerprint density at radius 3 is 2.81 bits per heavy atom. The maximum Gasteiger partial charge on any atom is 0.0700 e. The third-order valence-electron chi connectivity index (χ3n) is 5.23. The molecule has 4 atom stereocenters. The van der Waals surface area contributed by atoms with E-state index >= 15 is 0 Å². The van der Waals surface area contributed by atoms with Crippen molar-refractivity contribution in [2.75, 3.05) is 19.7 Å². The molecule has 0 spiro atoms. The van der Waals surface area contributed by atoms with Crippen molar-refractivity contribution in [2.24, 2.45) is 5.73 Å². The molecule has 0 radical (unpaired) electrons. The Labute approximate surface area is 128 Å². The van der Waals surface area contributed by atoms with Crippen LogP contribution in [0.15, 0.2) is 30.3 Å². The molecule has 1 heterocycles. The van der Waals surface area contributed by atoms with Crippen LogP contribution in [-0.4, -0.2) is 42.8 Å². The minimum Gasteiger partial charge on any atom is -0.376 e. The Hall–Kier alpha value is -0.900. The van der Waals surface area contributed by atoms with E-state index in [4.69, 9.17) is 10.5 Å². The largest absolute Gasteiger partial charge is 0.376 e. The van der Waals surface area contributed by atoms with Crippen LogP contribution in [0, 0.1) is 0 Å². The summed E-state index contributed by atoms with van der Waals surface area (Å²) in [6, 6.07) is 11.8. The molecule has 2 aliphatic rings. The molecule has 1 aromatic rings. The van der Waals surface area contributed by atoms with Crippen LogP contribution in [0.2, 0.25) is 0 Å². The Morgan fingerprint density at radius 1 is 1.24 bits per heavy atom. The molecule has 3 heteroatoms. The number of nitrogens with zero attached hydrogens (tertiary/aromatic N) is 1. The molecule has 1 saturated heterocycles. The highest BCUT2D eigenvalue weighted by atomic mass is 16.5. The van der Waals surface area contributed by atoms with Gasteiger partial charge in [0.25, 0.3) is 0 Å². The number of benzene rings is 1. The van der Waals surface area contributed by atoms with Crippen molar-refractivity contribution in [3.05, 3.63) is 35.9 Å². The van der Waals surface area contributed by atoms with E-state index in [1.807, 2.05) is 0 Å². The van der Waals surface area contributed by atoms with Gasteiger partial charge in [-0.25, -0.2) is 0 Å². The zero-order valence-corrected chi connectivity index (χ0v) is 13.1. The van der Waals surface area contributed by atoms with Gasteiger partial charge < -0.3 is 10.5 Å². The van der Waals surface area contributed by atoms with Gasteiger partial charge in [0, 0.05) is 25.2 Å². The topological polar surface area (TPSA) is 38.5 Å². The van der Waals surface area contributed by atoms with E-state index in [9.17, 15) is 0 Å². The molecular formula is C18H28N2O. The summed E-state index contributed by atoms with van der Waals surface area (Å²) >= 11 is 0. The van der Waals surface area contributed by atoms with Crippen LogP contribution in [-0.2, 0) is 4.74 Å². The van der Waals surface area contributed by atoms with E-state index in [1.54, 1.807) is 0 Å². The van der Waals surface area contributed by atoms with Crippen molar-refractivity contribution in [1.82, 2.24) is 4.90 Å². The maximum atomic E-state index is 6.45. The lowest BCUT2D eigenvalue weighted by atomic mass is 9.78. The molecule has 1 aliphatic carbocycles. The summed E-state index contributed by atoms with van der Waals surface area (Å²) in [5.41, 5.74) is 7.94. The van der Waals surface area contributed by atoms with E-state index < -0.39 is 0 Å². The van der Waals surface area contributed by atoms with Crippen molar-refractivity contribution in [3.63, 3.8) is 0 Å². The predicted molar refractivity (Wildman–Crippen MR) is 86.4 cm³/mol. The van der Waals surface area contributed by atoms with E-state index in [0.29, 0.717) is 24.1 Å². The number of hydrogen-bond acceptors (Lipinski definition) is 3. The predicted octanol–water partition coefficient (Wildman–Crippen LogP) is 2.76. The SMILES string of the molecule is CCC1CN(C2CC(c3ccccc3)CCC2N)CCO1. The number of rotatable bonds is 3. The highest BCUT2D eigenvalue weighted by Gasteiger charge is 2.35. The smallest absolute Gasteiger partial charge is 0.0700 e. The molecule has 2 fully saturated rings. The third-order valence-corrected chi connectivity index (χ3v) is 5.23. The first-order valence-corrected chi connectivity index (χ1v) is 8.44. The van der Waals surface area contributed by atoms with Gasteiger partial charge in [-0.3, -0.25) is 4.90 Å². The molecule has 4 unspecified atom stereocenters. The first-order valence-electron chi connectivity index (χ1n) is 8.44. The second-order valence-corrected chi connectivity index (χ2v) is 6.55. The summed E-state index contributed by atoms with van der Waals surface area (Å²) in [6.45, 7) is 5.16. The Kier molecular flexibility index (Phi) is 4.94. The maximum absolute atomic E-state index is 6.45. The normalized spacial score (nSPS) is 34.8. The molecule has 116 valence electrons. The number of morpholine rings is 1. The van der Waals surface area contributed by atoms with Crippen molar-refractivity contribution in [3.8, 4) is 0 Å². The van der Waals surface area contributed by atoms with Gasteiger partial charge in [0.2, 0.25) is 0 Å². The monoisotopic (exact) mass is 288 g/mol. The van der Waals surface area contributed by atoms with Crippen molar-refractivity contribution < 1.29 is 4.74 Å². The molecule has 2 N–H and O–H groups in total. The second kappa shape index (κ2) is 6.91. The third kappa shape index (κ3) is 3.47. The van der Waals surface area contributed by atoms with Crippen LogP contribution in [0.3, 0.4) is 0 Å². The van der Waals surface area contributed by atoms with Crippen LogP contribution >= 0.6 is 0 Å². The highest BCUT2D eigenvalue weighted by Crippen LogP contribution is 2.35. The molecule has 3 nitrogen and oxygen atoms in total. The molecule has 1 aliphatic heterocycles. The molecule has 1 aromatic carbocycles. The minimum absolute atomic E-state index is 0.320. The van der Waals surface area contributed by atoms with E-state index in [1.165, 1.54) is 18.4 Å². The van der Waals surface area contributed by atoms with Gasteiger partial charge in [-0.2, -0.15) is 0 Å². The average Bonchev–Trinajstić information content (AvgIpc) is 2.56. The lowest BCUT2D eigenvalue weighted by Crippen LogP contribution is -2.56. The lowest BCUT2D eigenvalue weighted by molar-refractivity contribution is -0.0532. The Bertz CT molecular complexity index is 436. The summed E-state index contributed by atoms with van der Waals surface area (Å²) < 4.78 is 5.81. The fourth-order valence-electron chi connectivity index (χ4n) is 3.91. The number of nitrogens with two attached hydrogens (primary N) is 1. The molecular weight excluding hydrogens is 260 g/mol. The van der Waals surface area contributed by atoms with E-state index in [-0.39, 0.29) is 0 Å². The summed E-state index contributed by atoms with van der Waals surface area (Å²) in [4.78, 5) is 2.59. The Balaban J connectivity index is 1.69. The van der Waals surface area contributed by atoms with Gasteiger partial charge in [-0.15, -0.1) is 0 Å². The van der Waals surface area contributed by atoms with Gasteiger partial charge in [0.15, 0.2) is 0 Å². The van der Waals surface area contributed by atoms with E-state index in [0.717, 1.165) is 32.5 Å². The first-order chi connectivity index (χ1) is 10.3. The summed E-state index contributed by atoms with van der Waals surface area (Å²) in [6.07, 6.45) is 5.05. The van der Waals surface area contributed by atoms with Crippen LogP contribution in [0.4, 0.5) is 0 Å². The minimum atomic E-state index is 0.320. The van der Waals surface area contributed by atoms with Crippen molar-refractivity contribution >= 4 is 0 Å². The summed E-state index contributed by atoms with van der Waals surface area (Å²) in [7, 11) is 0. The Morgan fingerprint density at radius 2 is 2.05 bits per heavy atom. The van der Waals surface area contributed by atoms with Gasteiger partial charge in [0.05, 0.1) is 12.7 Å². The average molecular weight is 288 g/mol. The molecule has 21 heavy (non-hydrogen) atoms. The zero-order valence-electron chi connectivity index (χ0n) is 13.1. The van der Waals surface area contributed by atoms with Gasteiger partial charge >= 0.3 is 0 Å². The quantitative estimate of drug-likeness (QED) is 0.929.